The summed E-state index contributed by atoms with van der Waals surface area (Å²) in [5.41, 5.74) is -0.627. The van der Waals surface area contributed by atoms with Crippen molar-refractivity contribution < 1.29 is 23.9 Å². The van der Waals surface area contributed by atoms with Crippen molar-refractivity contribution in [1.29, 1.82) is 5.26 Å². The van der Waals surface area contributed by atoms with Crippen molar-refractivity contribution in [3.05, 3.63) is 12.2 Å². The third kappa shape index (κ3) is 1.96. The van der Waals surface area contributed by atoms with E-state index in [1.807, 2.05) is 0 Å². The minimum absolute atomic E-state index is 0.00534. The summed E-state index contributed by atoms with van der Waals surface area (Å²) in [7, 11) is 0. The van der Waals surface area contributed by atoms with E-state index in [2.05, 4.69) is 12.6 Å². The lowest BCUT2D eigenvalue weighted by atomic mass is 9.74. The van der Waals surface area contributed by atoms with Gasteiger partial charge in [-0.2, -0.15) is 5.26 Å². The molecule has 5 unspecified atom stereocenters. The number of esters is 2. The van der Waals surface area contributed by atoms with Gasteiger partial charge in [0.25, 0.3) is 0 Å². The largest absolute Gasteiger partial charge is 0.459 e. The fourth-order valence-corrected chi connectivity index (χ4v) is 4.33. The Labute approximate surface area is 128 Å². The van der Waals surface area contributed by atoms with Crippen molar-refractivity contribution in [2.24, 2.45) is 23.2 Å². The summed E-state index contributed by atoms with van der Waals surface area (Å²) in [5.74, 6) is -1.27. The van der Waals surface area contributed by atoms with E-state index in [9.17, 15) is 19.6 Å². The molecule has 6 nitrogen and oxygen atoms in total. The first-order valence-corrected chi connectivity index (χ1v) is 7.35. The predicted molar refractivity (Wildman–Crippen MR) is 73.0 cm³/mol. The first-order valence-electron chi connectivity index (χ1n) is 7.35. The Hall–Kier alpha value is -2.16. The molecule has 0 amide bonds. The number of carbonyl (C=O) groups excluding carboxylic acids is 3. The Morgan fingerprint density at radius 3 is 2.86 bits per heavy atom. The Morgan fingerprint density at radius 1 is 1.50 bits per heavy atom. The summed E-state index contributed by atoms with van der Waals surface area (Å²) in [5, 5.41) is 9.36. The summed E-state index contributed by atoms with van der Waals surface area (Å²) in [4.78, 5) is 35.2. The van der Waals surface area contributed by atoms with Crippen LogP contribution in [0.15, 0.2) is 12.2 Å². The van der Waals surface area contributed by atoms with Crippen molar-refractivity contribution in [3.8, 4) is 6.07 Å². The second-order valence-electron chi connectivity index (χ2n) is 6.49. The van der Waals surface area contributed by atoms with Crippen LogP contribution in [0.5, 0.6) is 0 Å². The maximum atomic E-state index is 12.1. The zero-order valence-electron chi connectivity index (χ0n) is 12.3. The Morgan fingerprint density at radius 2 is 2.23 bits per heavy atom. The van der Waals surface area contributed by atoms with E-state index in [4.69, 9.17) is 9.47 Å². The smallest absolute Gasteiger partial charge is 0.344 e. The molecule has 0 N–H and O–H groups in total. The van der Waals surface area contributed by atoms with Crippen LogP contribution in [0.1, 0.15) is 26.2 Å². The highest BCUT2D eigenvalue weighted by atomic mass is 16.6. The van der Waals surface area contributed by atoms with Crippen LogP contribution in [-0.2, 0) is 23.9 Å². The summed E-state index contributed by atoms with van der Waals surface area (Å²) in [6.45, 7) is 4.47. The summed E-state index contributed by atoms with van der Waals surface area (Å²) < 4.78 is 10.2. The number of nitriles is 1. The molecular weight excluding hydrogens is 286 g/mol. The quantitative estimate of drug-likeness (QED) is 0.571. The van der Waals surface area contributed by atoms with Gasteiger partial charge in [-0.1, -0.05) is 6.58 Å². The fraction of sp³-hybridized carbons (Fsp3) is 0.625. The number of fused-ring (bicyclic) bond motifs is 1. The van der Waals surface area contributed by atoms with Gasteiger partial charge in [0.05, 0.1) is 6.07 Å². The van der Waals surface area contributed by atoms with E-state index in [1.165, 1.54) is 6.92 Å². The minimum Gasteiger partial charge on any atom is -0.459 e. The Kier molecular flexibility index (Phi) is 3.32. The number of rotatable bonds is 4. The zero-order valence-corrected chi connectivity index (χ0v) is 12.3. The van der Waals surface area contributed by atoms with Crippen molar-refractivity contribution in [2.45, 2.75) is 32.3 Å². The maximum absolute atomic E-state index is 12.1. The molecule has 3 aliphatic carbocycles. The van der Waals surface area contributed by atoms with Gasteiger partial charge in [0.2, 0.25) is 0 Å². The van der Waals surface area contributed by atoms with Crippen LogP contribution >= 0.6 is 0 Å². The lowest BCUT2D eigenvalue weighted by Crippen LogP contribution is -2.37. The number of carbonyl (C=O) groups is 3. The van der Waals surface area contributed by atoms with Crippen LogP contribution in [0.4, 0.5) is 0 Å². The van der Waals surface area contributed by atoms with E-state index < -0.39 is 24.0 Å². The number of nitrogens with zero attached hydrogens (tertiary/aromatic N) is 1. The summed E-state index contributed by atoms with van der Waals surface area (Å²) in [6.07, 6.45) is 1.20. The van der Waals surface area contributed by atoms with Gasteiger partial charge < -0.3 is 9.47 Å². The van der Waals surface area contributed by atoms with Gasteiger partial charge in [0, 0.05) is 17.9 Å². The molecule has 3 fully saturated rings. The number of ether oxygens (including phenoxy) is 2. The molecule has 3 saturated carbocycles. The van der Waals surface area contributed by atoms with Crippen molar-refractivity contribution in [3.63, 3.8) is 0 Å². The molecule has 22 heavy (non-hydrogen) atoms. The number of hydrogen-bond donors (Lipinski definition) is 0. The van der Waals surface area contributed by atoms with Gasteiger partial charge in [-0.25, -0.2) is 9.59 Å². The average Bonchev–Trinajstić information content (AvgIpc) is 3.06. The van der Waals surface area contributed by atoms with Crippen LogP contribution in [0.2, 0.25) is 0 Å². The first-order chi connectivity index (χ1) is 10.4. The second kappa shape index (κ2) is 4.94. The molecule has 0 heterocycles. The molecule has 0 aromatic heterocycles. The Balaban J connectivity index is 1.61. The molecule has 0 aromatic carbocycles. The van der Waals surface area contributed by atoms with Gasteiger partial charge in [-0.3, -0.25) is 4.79 Å². The van der Waals surface area contributed by atoms with Crippen LogP contribution in [0.25, 0.3) is 0 Å². The Bertz CT molecular complexity index is 619. The molecule has 0 saturated heterocycles. The van der Waals surface area contributed by atoms with Gasteiger partial charge >= 0.3 is 11.9 Å². The summed E-state index contributed by atoms with van der Waals surface area (Å²) in [6, 6.07) is 2.21. The molecular formula is C16H17NO5. The van der Waals surface area contributed by atoms with Crippen LogP contribution in [0, 0.1) is 34.5 Å². The van der Waals surface area contributed by atoms with Gasteiger partial charge in [0.1, 0.15) is 11.5 Å². The third-order valence-electron chi connectivity index (χ3n) is 5.23. The van der Waals surface area contributed by atoms with Crippen molar-refractivity contribution in [1.82, 2.24) is 0 Å². The van der Waals surface area contributed by atoms with E-state index in [0.717, 1.165) is 6.42 Å². The zero-order chi connectivity index (χ0) is 16.1. The molecule has 116 valence electrons. The molecule has 6 heteroatoms. The molecule has 5 atom stereocenters. The lowest BCUT2D eigenvalue weighted by Gasteiger charge is -2.30. The van der Waals surface area contributed by atoms with Crippen molar-refractivity contribution >= 4 is 17.7 Å². The molecule has 3 rings (SSSR count). The molecule has 3 aliphatic rings. The summed E-state index contributed by atoms with van der Waals surface area (Å²) >= 11 is 0. The standard InChI is InChI=1S/C16H17NO5/c1-8(2)15(20)21-6-13(19)22-14-9-3-11-10(14)4-12(18)16(11,5-9)7-17/h9-11,14H,1,3-6H2,2H3. The third-order valence-corrected chi connectivity index (χ3v) is 5.23. The van der Waals surface area contributed by atoms with Crippen molar-refractivity contribution in [2.75, 3.05) is 6.61 Å². The van der Waals surface area contributed by atoms with Gasteiger partial charge in [0.15, 0.2) is 12.4 Å². The minimum atomic E-state index is -0.843. The van der Waals surface area contributed by atoms with Crippen LogP contribution in [0.3, 0.4) is 0 Å². The monoisotopic (exact) mass is 303 g/mol. The second-order valence-corrected chi connectivity index (χ2v) is 6.49. The molecule has 2 bridgehead atoms. The normalized spacial score (nSPS) is 37.7. The highest BCUT2D eigenvalue weighted by Gasteiger charge is 2.69. The van der Waals surface area contributed by atoms with Gasteiger partial charge in [-0.05, 0) is 31.6 Å². The van der Waals surface area contributed by atoms with Gasteiger partial charge in [-0.15, -0.1) is 0 Å². The molecule has 0 aromatic rings. The van der Waals surface area contributed by atoms with Crippen LogP contribution < -0.4 is 0 Å². The number of Topliss-reactive ketones (excluding diaryl/α,β-unsaturated/α-hetero) is 1. The lowest BCUT2D eigenvalue weighted by molar-refractivity contribution is -0.164. The van der Waals surface area contributed by atoms with E-state index >= 15 is 0 Å². The average molecular weight is 303 g/mol. The fourth-order valence-electron chi connectivity index (χ4n) is 4.33. The van der Waals surface area contributed by atoms with E-state index in [1.54, 1.807) is 0 Å². The first kappa shape index (κ1) is 14.8. The molecule has 0 radical (unpaired) electrons. The van der Waals surface area contributed by atoms with Crippen LogP contribution in [-0.4, -0.2) is 30.4 Å². The predicted octanol–water partition coefficient (Wildman–Crippen LogP) is 1.16. The SMILES string of the molecule is C=C(C)C(=O)OCC(=O)OC1C2CC3C1CC(=O)C3(C#N)C2. The highest BCUT2D eigenvalue weighted by molar-refractivity contribution is 5.92. The number of hydrogen-bond acceptors (Lipinski definition) is 6. The maximum Gasteiger partial charge on any atom is 0.344 e. The molecule has 0 aliphatic heterocycles. The van der Waals surface area contributed by atoms with E-state index in [0.29, 0.717) is 12.8 Å². The van der Waals surface area contributed by atoms with E-state index in [-0.39, 0.29) is 35.2 Å². The topological polar surface area (TPSA) is 93.5 Å². The number of ketones is 1. The highest BCUT2D eigenvalue weighted by Crippen LogP contribution is 2.65. The molecule has 0 spiro atoms.